The highest BCUT2D eigenvalue weighted by Crippen LogP contribution is 2.43. The van der Waals surface area contributed by atoms with Crippen molar-refractivity contribution in [3.8, 4) is 0 Å². The van der Waals surface area contributed by atoms with E-state index in [2.05, 4.69) is 16.0 Å². The lowest BCUT2D eigenvalue weighted by atomic mass is 10.1. The maximum atomic E-state index is 11.6. The van der Waals surface area contributed by atoms with Crippen molar-refractivity contribution in [2.75, 3.05) is 26.4 Å². The van der Waals surface area contributed by atoms with E-state index in [1.807, 2.05) is 0 Å². The van der Waals surface area contributed by atoms with Crippen LogP contribution in [-0.2, 0) is 23.1 Å². The van der Waals surface area contributed by atoms with E-state index in [0.717, 1.165) is 19.3 Å². The third-order valence-electron chi connectivity index (χ3n) is 4.24. The zero-order valence-electron chi connectivity index (χ0n) is 17.5. The number of carbonyl (C=O) groups excluding carboxylic acids is 1. The van der Waals surface area contributed by atoms with Crippen LogP contribution in [0.25, 0.3) is 0 Å². The van der Waals surface area contributed by atoms with Crippen molar-refractivity contribution in [3.05, 3.63) is 0 Å². The topological polar surface area (TPSA) is 143 Å². The average Bonchev–Trinajstić information content (AvgIpc) is 2.70. The Hall–Kier alpha value is -0.540. The maximum Gasteiger partial charge on any atom is 0.472 e. The Morgan fingerprint density at radius 2 is 1.31 bits per heavy atom. The van der Waals surface area contributed by atoms with Crippen LogP contribution in [0.3, 0.4) is 0 Å². The molecule has 0 amide bonds. The quantitative estimate of drug-likeness (QED) is 0.127. The molecule has 9 nitrogen and oxygen atoms in total. The minimum atomic E-state index is -4.47. The highest BCUT2D eigenvalue weighted by molar-refractivity contribution is 7.47. The van der Waals surface area contributed by atoms with Gasteiger partial charge in [-0.2, -0.15) is 0 Å². The molecule has 3 unspecified atom stereocenters. The molecule has 174 valence electrons. The van der Waals surface area contributed by atoms with Crippen molar-refractivity contribution in [1.29, 1.82) is 0 Å². The average molecular weight is 442 g/mol. The molecule has 0 aromatic rings. The second-order valence-corrected chi connectivity index (χ2v) is 8.62. The van der Waals surface area contributed by atoms with E-state index < -0.39 is 45.8 Å². The predicted octanol–water partition coefficient (Wildman–Crippen LogP) is 2.69. The number of carbonyl (C=O) groups is 1. The van der Waals surface area contributed by atoms with E-state index in [0.29, 0.717) is 0 Å². The molecular formula is C19H39O9P. The normalized spacial score (nSPS) is 15.6. The first kappa shape index (κ1) is 28.5. The Labute approximate surface area is 174 Å². The third-order valence-corrected chi connectivity index (χ3v) is 5.19. The van der Waals surface area contributed by atoms with Gasteiger partial charge in [-0.1, -0.05) is 64.7 Å². The standard InChI is InChI=1S/C19H39O9P/c1-2-3-4-5-6-7-8-9-10-11-12-19(23)26-14-18(22)16-28-29(24,25)27-15-17(21)13-20/h17-18,20-22H,2-16H2,1H3,(H,24,25). The molecule has 4 N–H and O–H groups in total. The van der Waals surface area contributed by atoms with E-state index in [1.165, 1.54) is 44.9 Å². The summed E-state index contributed by atoms with van der Waals surface area (Å²) in [5.74, 6) is -0.432. The molecule has 0 aromatic heterocycles. The molecule has 0 aromatic carbocycles. The molecule has 0 saturated heterocycles. The van der Waals surface area contributed by atoms with Crippen LogP contribution in [0.2, 0.25) is 0 Å². The van der Waals surface area contributed by atoms with Gasteiger partial charge in [-0.25, -0.2) is 4.57 Å². The smallest absolute Gasteiger partial charge is 0.463 e. The number of aliphatic hydroxyl groups excluding tert-OH is 3. The molecule has 0 spiro atoms. The Balaban J connectivity index is 3.62. The summed E-state index contributed by atoms with van der Waals surface area (Å²) in [6.45, 7) is 0.0628. The molecule has 0 saturated carbocycles. The van der Waals surface area contributed by atoms with Gasteiger partial charge in [0.05, 0.1) is 19.8 Å². The van der Waals surface area contributed by atoms with Crippen molar-refractivity contribution >= 4 is 13.8 Å². The minimum Gasteiger partial charge on any atom is -0.463 e. The van der Waals surface area contributed by atoms with E-state index in [-0.39, 0.29) is 13.0 Å². The van der Waals surface area contributed by atoms with Gasteiger partial charge in [-0.3, -0.25) is 13.8 Å². The van der Waals surface area contributed by atoms with Crippen molar-refractivity contribution in [2.45, 2.75) is 89.8 Å². The zero-order chi connectivity index (χ0) is 22.0. The first-order valence-electron chi connectivity index (χ1n) is 10.5. The molecule has 0 heterocycles. The Morgan fingerprint density at radius 3 is 1.83 bits per heavy atom. The fourth-order valence-electron chi connectivity index (χ4n) is 2.52. The lowest BCUT2D eigenvalue weighted by molar-refractivity contribution is -0.147. The molecule has 0 bridgehead atoms. The largest absolute Gasteiger partial charge is 0.472 e. The van der Waals surface area contributed by atoms with Gasteiger partial charge in [-0.15, -0.1) is 0 Å². The van der Waals surface area contributed by atoms with Crippen molar-refractivity contribution < 1.29 is 43.4 Å². The van der Waals surface area contributed by atoms with Crippen LogP contribution in [0, 0.1) is 0 Å². The van der Waals surface area contributed by atoms with Crippen LogP contribution in [0.5, 0.6) is 0 Å². The lowest BCUT2D eigenvalue weighted by Gasteiger charge is -2.16. The van der Waals surface area contributed by atoms with Gasteiger partial charge < -0.3 is 24.9 Å². The van der Waals surface area contributed by atoms with Gasteiger partial charge in [0.15, 0.2) is 0 Å². The summed E-state index contributed by atoms with van der Waals surface area (Å²) in [6.07, 6.45) is 9.33. The molecule has 3 atom stereocenters. The molecular weight excluding hydrogens is 403 g/mol. The number of unbranched alkanes of at least 4 members (excludes halogenated alkanes) is 9. The molecule has 0 aliphatic heterocycles. The monoisotopic (exact) mass is 442 g/mol. The predicted molar refractivity (Wildman–Crippen MR) is 108 cm³/mol. The Morgan fingerprint density at radius 1 is 0.828 bits per heavy atom. The van der Waals surface area contributed by atoms with Crippen molar-refractivity contribution in [1.82, 2.24) is 0 Å². The first-order valence-corrected chi connectivity index (χ1v) is 12.0. The molecule has 0 fully saturated rings. The van der Waals surface area contributed by atoms with Crippen LogP contribution in [0.4, 0.5) is 0 Å². The minimum absolute atomic E-state index is 0.269. The summed E-state index contributed by atoms with van der Waals surface area (Å²) >= 11 is 0. The van der Waals surface area contributed by atoms with Gasteiger partial charge in [0.1, 0.15) is 18.8 Å². The zero-order valence-corrected chi connectivity index (χ0v) is 18.4. The molecule has 0 aliphatic rings. The van der Waals surface area contributed by atoms with E-state index >= 15 is 0 Å². The molecule has 0 aliphatic carbocycles. The van der Waals surface area contributed by atoms with E-state index in [1.54, 1.807) is 0 Å². The number of aliphatic hydroxyl groups is 3. The van der Waals surface area contributed by atoms with Crippen LogP contribution < -0.4 is 0 Å². The fraction of sp³-hybridized carbons (Fsp3) is 0.947. The number of ether oxygens (including phenoxy) is 1. The second kappa shape index (κ2) is 18.2. The van der Waals surface area contributed by atoms with Crippen LogP contribution in [-0.4, -0.2) is 64.8 Å². The number of phosphoric acid groups is 1. The second-order valence-electron chi connectivity index (χ2n) is 7.17. The number of phosphoric ester groups is 1. The summed E-state index contributed by atoms with van der Waals surface area (Å²) in [7, 11) is -4.47. The number of hydrogen-bond acceptors (Lipinski definition) is 8. The highest BCUT2D eigenvalue weighted by Gasteiger charge is 2.24. The van der Waals surface area contributed by atoms with Gasteiger partial charge in [0.2, 0.25) is 0 Å². The SMILES string of the molecule is CCCCCCCCCCCCC(=O)OCC(O)COP(=O)(O)OCC(O)CO. The van der Waals surface area contributed by atoms with Gasteiger partial charge in [0, 0.05) is 6.42 Å². The van der Waals surface area contributed by atoms with Crippen LogP contribution in [0.1, 0.15) is 77.6 Å². The molecule has 0 rings (SSSR count). The Bertz CT molecular complexity index is 447. The molecule has 0 radical (unpaired) electrons. The van der Waals surface area contributed by atoms with Gasteiger partial charge in [-0.05, 0) is 6.42 Å². The summed E-state index contributed by atoms with van der Waals surface area (Å²) in [6, 6.07) is 0. The first-order chi connectivity index (χ1) is 13.8. The van der Waals surface area contributed by atoms with Crippen LogP contribution in [0.15, 0.2) is 0 Å². The van der Waals surface area contributed by atoms with E-state index in [4.69, 9.17) is 14.9 Å². The highest BCUT2D eigenvalue weighted by atomic mass is 31.2. The van der Waals surface area contributed by atoms with Crippen molar-refractivity contribution in [3.63, 3.8) is 0 Å². The third kappa shape index (κ3) is 19.2. The van der Waals surface area contributed by atoms with Crippen LogP contribution >= 0.6 is 7.82 Å². The number of rotatable bonds is 20. The maximum absolute atomic E-state index is 11.6. The fourth-order valence-corrected chi connectivity index (χ4v) is 3.31. The molecule has 10 heteroatoms. The summed E-state index contributed by atoms with van der Waals surface area (Å²) in [4.78, 5) is 21.0. The number of esters is 1. The molecule has 29 heavy (non-hydrogen) atoms. The van der Waals surface area contributed by atoms with Crippen molar-refractivity contribution in [2.24, 2.45) is 0 Å². The van der Waals surface area contributed by atoms with Gasteiger partial charge >= 0.3 is 13.8 Å². The lowest BCUT2D eigenvalue weighted by Crippen LogP contribution is -2.24. The van der Waals surface area contributed by atoms with Gasteiger partial charge in [0.25, 0.3) is 0 Å². The number of hydrogen-bond donors (Lipinski definition) is 4. The summed E-state index contributed by atoms with van der Waals surface area (Å²) in [5.41, 5.74) is 0. The Kier molecular flexibility index (Phi) is 17.9. The van der Waals surface area contributed by atoms with E-state index in [9.17, 15) is 19.4 Å². The summed E-state index contributed by atoms with van der Waals surface area (Å²) in [5, 5.41) is 27.3. The summed E-state index contributed by atoms with van der Waals surface area (Å²) < 4.78 is 25.4.